The van der Waals surface area contributed by atoms with Gasteiger partial charge in [0.1, 0.15) is 5.75 Å². The summed E-state index contributed by atoms with van der Waals surface area (Å²) in [4.78, 5) is 11.9. The third-order valence-corrected chi connectivity index (χ3v) is 3.28. The Hall–Kier alpha value is -2.30. The second-order valence-corrected chi connectivity index (χ2v) is 6.52. The van der Waals surface area contributed by atoms with Gasteiger partial charge in [-0.05, 0) is 30.9 Å². The zero-order chi connectivity index (χ0) is 16.3. The molecule has 0 aliphatic heterocycles. The van der Waals surface area contributed by atoms with E-state index in [2.05, 4.69) is 42.4 Å². The molecule has 0 atom stereocenters. The highest BCUT2D eigenvalue weighted by Crippen LogP contribution is 2.32. The maximum atomic E-state index is 11.9. The third kappa shape index (κ3) is 4.10. The van der Waals surface area contributed by atoms with Crippen LogP contribution in [0.3, 0.4) is 0 Å². The van der Waals surface area contributed by atoms with Crippen molar-refractivity contribution in [3.63, 3.8) is 0 Å². The first-order chi connectivity index (χ1) is 10.3. The number of nitrogens with one attached hydrogen (secondary N) is 2. The smallest absolute Gasteiger partial charge is 0.263 e. The normalized spacial score (nSPS) is 11.3. The molecule has 5 nitrogen and oxygen atoms in total. The van der Waals surface area contributed by atoms with E-state index in [0.29, 0.717) is 5.82 Å². The molecule has 0 fully saturated rings. The topological polar surface area (TPSA) is 67.0 Å². The second kappa shape index (κ2) is 6.22. The quantitative estimate of drug-likeness (QED) is 0.910. The fourth-order valence-electron chi connectivity index (χ4n) is 2.16. The van der Waals surface area contributed by atoms with Crippen molar-refractivity contribution < 1.29 is 9.53 Å². The van der Waals surface area contributed by atoms with Gasteiger partial charge in [0.15, 0.2) is 12.4 Å². The van der Waals surface area contributed by atoms with Gasteiger partial charge in [-0.2, -0.15) is 5.10 Å². The van der Waals surface area contributed by atoms with Crippen molar-refractivity contribution in [1.29, 1.82) is 0 Å². The second-order valence-electron chi connectivity index (χ2n) is 6.52. The van der Waals surface area contributed by atoms with E-state index in [1.165, 1.54) is 5.56 Å². The van der Waals surface area contributed by atoms with E-state index in [-0.39, 0.29) is 17.9 Å². The van der Waals surface area contributed by atoms with E-state index >= 15 is 0 Å². The maximum absolute atomic E-state index is 11.9. The van der Waals surface area contributed by atoms with Crippen LogP contribution in [0.2, 0.25) is 0 Å². The molecule has 2 aromatic rings. The van der Waals surface area contributed by atoms with Gasteiger partial charge in [0, 0.05) is 11.8 Å². The summed E-state index contributed by atoms with van der Waals surface area (Å²) in [5, 5.41) is 9.44. The van der Waals surface area contributed by atoms with Crippen LogP contribution in [0.15, 0.2) is 24.3 Å². The van der Waals surface area contributed by atoms with Gasteiger partial charge in [-0.15, -0.1) is 0 Å². The molecule has 2 rings (SSSR count). The highest BCUT2D eigenvalue weighted by molar-refractivity contribution is 5.91. The van der Waals surface area contributed by atoms with Gasteiger partial charge < -0.3 is 10.1 Å². The molecule has 2 N–H and O–H groups in total. The average molecular weight is 301 g/mol. The molecule has 22 heavy (non-hydrogen) atoms. The number of amides is 1. The zero-order valence-electron chi connectivity index (χ0n) is 13.8. The van der Waals surface area contributed by atoms with Crippen molar-refractivity contribution in [2.24, 2.45) is 0 Å². The number of hydrogen-bond donors (Lipinski definition) is 2. The lowest BCUT2D eigenvalue weighted by Crippen LogP contribution is -2.22. The fraction of sp³-hybridized carbons (Fsp3) is 0.412. The minimum Gasteiger partial charge on any atom is -0.483 e. The van der Waals surface area contributed by atoms with Crippen molar-refractivity contribution in [2.45, 2.75) is 40.0 Å². The molecule has 1 amide bonds. The fourth-order valence-corrected chi connectivity index (χ4v) is 2.16. The minimum atomic E-state index is -0.230. The van der Waals surface area contributed by atoms with Crippen molar-refractivity contribution in [3.8, 4) is 5.75 Å². The summed E-state index contributed by atoms with van der Waals surface area (Å²) in [6, 6.07) is 7.77. The van der Waals surface area contributed by atoms with E-state index < -0.39 is 0 Å². The molecule has 0 unspecified atom stereocenters. The summed E-state index contributed by atoms with van der Waals surface area (Å²) in [6.45, 7) is 10.3. The molecule has 1 heterocycles. The van der Waals surface area contributed by atoms with Crippen LogP contribution in [0.4, 0.5) is 5.82 Å². The van der Waals surface area contributed by atoms with Gasteiger partial charge in [0.2, 0.25) is 0 Å². The number of aryl methyl sites for hydroxylation is 2. The summed E-state index contributed by atoms with van der Waals surface area (Å²) >= 11 is 0. The van der Waals surface area contributed by atoms with E-state index in [1.54, 1.807) is 6.07 Å². The van der Waals surface area contributed by atoms with Crippen molar-refractivity contribution >= 4 is 11.7 Å². The number of rotatable bonds is 4. The predicted molar refractivity (Wildman–Crippen MR) is 87.3 cm³/mol. The van der Waals surface area contributed by atoms with E-state index in [9.17, 15) is 4.79 Å². The number of anilines is 1. The van der Waals surface area contributed by atoms with Crippen molar-refractivity contribution in [1.82, 2.24) is 10.2 Å². The molecule has 0 aliphatic carbocycles. The van der Waals surface area contributed by atoms with Crippen molar-refractivity contribution in [2.75, 3.05) is 11.9 Å². The Morgan fingerprint density at radius 3 is 2.59 bits per heavy atom. The highest BCUT2D eigenvalue weighted by atomic mass is 16.5. The summed E-state index contributed by atoms with van der Waals surface area (Å²) in [6.07, 6.45) is 0. The SMILES string of the molecule is Cc1ccc(OCC(=O)Nc2cc(C)[nH]n2)c(C(C)(C)C)c1. The first kappa shape index (κ1) is 16.1. The van der Waals surface area contributed by atoms with Crippen LogP contribution in [0.5, 0.6) is 5.75 Å². The standard InChI is InChI=1S/C17H23N3O2/c1-11-6-7-14(13(8-11)17(3,4)5)22-10-16(21)18-15-9-12(2)19-20-15/h6-9H,10H2,1-5H3,(H2,18,19,20,21). The molecule has 0 spiro atoms. The molecule has 0 saturated carbocycles. The molecule has 5 heteroatoms. The lowest BCUT2D eigenvalue weighted by Gasteiger charge is -2.23. The van der Waals surface area contributed by atoms with Crippen LogP contribution >= 0.6 is 0 Å². The maximum Gasteiger partial charge on any atom is 0.263 e. The van der Waals surface area contributed by atoms with Crippen LogP contribution < -0.4 is 10.1 Å². The number of aromatic amines is 1. The molecule has 118 valence electrons. The van der Waals surface area contributed by atoms with Gasteiger partial charge in [0.05, 0.1) is 0 Å². The highest BCUT2D eigenvalue weighted by Gasteiger charge is 2.19. The number of carbonyl (C=O) groups excluding carboxylic acids is 1. The van der Waals surface area contributed by atoms with Gasteiger partial charge >= 0.3 is 0 Å². The Kier molecular flexibility index (Phi) is 4.54. The lowest BCUT2D eigenvalue weighted by molar-refractivity contribution is -0.118. The van der Waals surface area contributed by atoms with Crippen LogP contribution in [-0.2, 0) is 10.2 Å². The number of hydrogen-bond acceptors (Lipinski definition) is 3. The average Bonchev–Trinajstić information content (AvgIpc) is 2.81. The summed E-state index contributed by atoms with van der Waals surface area (Å²) in [5.74, 6) is 1.02. The van der Waals surface area contributed by atoms with Gasteiger partial charge in [-0.1, -0.05) is 38.5 Å². The Balaban J connectivity index is 2.03. The molecule has 0 bridgehead atoms. The Morgan fingerprint density at radius 1 is 1.27 bits per heavy atom. The molecular weight excluding hydrogens is 278 g/mol. The molecule has 0 saturated heterocycles. The predicted octanol–water partition coefficient (Wildman–Crippen LogP) is 3.34. The van der Waals surface area contributed by atoms with E-state index in [4.69, 9.17) is 4.74 Å². The zero-order valence-corrected chi connectivity index (χ0v) is 13.8. The van der Waals surface area contributed by atoms with Crippen LogP contribution in [0.25, 0.3) is 0 Å². The summed E-state index contributed by atoms with van der Waals surface area (Å²) < 4.78 is 5.71. The van der Waals surface area contributed by atoms with E-state index in [0.717, 1.165) is 17.0 Å². The number of ether oxygens (including phenoxy) is 1. The van der Waals surface area contributed by atoms with Crippen LogP contribution in [0, 0.1) is 13.8 Å². The number of aromatic nitrogens is 2. The summed E-state index contributed by atoms with van der Waals surface area (Å²) in [7, 11) is 0. The largest absolute Gasteiger partial charge is 0.483 e. The first-order valence-corrected chi connectivity index (χ1v) is 7.31. The van der Waals surface area contributed by atoms with Crippen molar-refractivity contribution in [3.05, 3.63) is 41.1 Å². The molecule has 0 aliphatic rings. The van der Waals surface area contributed by atoms with Gasteiger partial charge in [-0.25, -0.2) is 0 Å². The summed E-state index contributed by atoms with van der Waals surface area (Å²) in [5.41, 5.74) is 3.12. The first-order valence-electron chi connectivity index (χ1n) is 7.31. The number of benzene rings is 1. The molecule has 0 radical (unpaired) electrons. The number of carbonyl (C=O) groups is 1. The van der Waals surface area contributed by atoms with E-state index in [1.807, 2.05) is 26.0 Å². The monoisotopic (exact) mass is 301 g/mol. The third-order valence-electron chi connectivity index (χ3n) is 3.28. The molecule has 1 aromatic carbocycles. The van der Waals surface area contributed by atoms with Gasteiger partial charge in [-0.3, -0.25) is 9.89 Å². The molecule has 1 aromatic heterocycles. The number of nitrogens with zero attached hydrogens (tertiary/aromatic N) is 1. The van der Waals surface area contributed by atoms with Crippen LogP contribution in [0.1, 0.15) is 37.6 Å². The minimum absolute atomic E-state index is 0.0436. The van der Waals surface area contributed by atoms with Gasteiger partial charge in [0.25, 0.3) is 5.91 Å². The van der Waals surface area contributed by atoms with Crippen LogP contribution in [-0.4, -0.2) is 22.7 Å². The Morgan fingerprint density at radius 2 is 2.00 bits per heavy atom. The Labute approximate surface area is 131 Å². The lowest BCUT2D eigenvalue weighted by atomic mass is 9.85. The molecular formula is C17H23N3O2. The Bertz CT molecular complexity index is 669. The number of H-pyrrole nitrogens is 1.